The first-order valence-electron chi connectivity index (χ1n) is 10.5. The van der Waals surface area contributed by atoms with Crippen molar-refractivity contribution in [2.45, 2.75) is 52.9 Å². The molecule has 1 aliphatic carbocycles. The van der Waals surface area contributed by atoms with Crippen molar-refractivity contribution in [1.82, 2.24) is 0 Å². The zero-order valence-electron chi connectivity index (χ0n) is 18.6. The van der Waals surface area contributed by atoms with Crippen molar-refractivity contribution in [2.75, 3.05) is 7.11 Å². The Kier molecular flexibility index (Phi) is 6.25. The van der Waals surface area contributed by atoms with Crippen molar-refractivity contribution >= 4 is 11.6 Å². The van der Waals surface area contributed by atoms with Crippen LogP contribution in [-0.4, -0.2) is 44.2 Å². The molecule has 0 atom stereocenters. The summed E-state index contributed by atoms with van der Waals surface area (Å²) in [5.41, 5.74) is -0.430. The third kappa shape index (κ3) is 3.70. The van der Waals surface area contributed by atoms with Crippen molar-refractivity contribution in [3.8, 4) is 34.5 Å². The van der Waals surface area contributed by atoms with Crippen LogP contribution in [0, 0.1) is 19.8 Å². The molecule has 0 heterocycles. The summed E-state index contributed by atoms with van der Waals surface area (Å²) in [5.74, 6) is -3.55. The van der Waals surface area contributed by atoms with Crippen LogP contribution in [0.1, 0.15) is 75.6 Å². The highest BCUT2D eigenvalue weighted by Gasteiger charge is 2.36. The third-order valence-electron chi connectivity index (χ3n) is 6.00. The molecule has 0 radical (unpaired) electrons. The fourth-order valence-electron chi connectivity index (χ4n) is 3.95. The van der Waals surface area contributed by atoms with Gasteiger partial charge in [-0.25, -0.2) is 0 Å². The van der Waals surface area contributed by atoms with Crippen LogP contribution in [0.25, 0.3) is 0 Å². The molecule has 1 saturated carbocycles. The van der Waals surface area contributed by atoms with E-state index in [0.29, 0.717) is 19.3 Å². The predicted octanol–water partition coefficient (Wildman–Crippen LogP) is 4.01. The van der Waals surface area contributed by atoms with E-state index in [-0.39, 0.29) is 63.0 Å². The number of carbonyl (C=O) groups is 2. The van der Waals surface area contributed by atoms with E-state index in [0.717, 1.165) is 0 Å². The number of Topliss-reactive ketones (excluding diaryl/α,β-unsaturated/α-hetero) is 2. The van der Waals surface area contributed by atoms with Gasteiger partial charge in [0.2, 0.25) is 0 Å². The van der Waals surface area contributed by atoms with E-state index in [9.17, 15) is 35.1 Å². The first-order valence-corrected chi connectivity index (χ1v) is 10.5. The van der Waals surface area contributed by atoms with Crippen LogP contribution < -0.4 is 4.74 Å². The second-order valence-electron chi connectivity index (χ2n) is 8.22. The minimum Gasteiger partial charge on any atom is -0.507 e. The number of methoxy groups -OCH3 is 1. The fourth-order valence-corrected chi connectivity index (χ4v) is 3.95. The average Bonchev–Trinajstić information content (AvgIpc) is 3.59. The molecule has 1 aliphatic rings. The zero-order chi connectivity index (χ0) is 23.9. The summed E-state index contributed by atoms with van der Waals surface area (Å²) < 4.78 is 5.26. The van der Waals surface area contributed by atoms with E-state index >= 15 is 0 Å². The van der Waals surface area contributed by atoms with Gasteiger partial charge in [0.1, 0.15) is 45.6 Å². The lowest BCUT2D eigenvalue weighted by atomic mass is 9.89. The van der Waals surface area contributed by atoms with Crippen molar-refractivity contribution in [3.63, 3.8) is 0 Å². The fraction of sp³-hybridized carbons (Fsp3) is 0.417. The third-order valence-corrected chi connectivity index (χ3v) is 6.00. The summed E-state index contributed by atoms with van der Waals surface area (Å²) in [7, 11) is 1.32. The van der Waals surface area contributed by atoms with E-state index in [1.54, 1.807) is 0 Å². The maximum absolute atomic E-state index is 12.7. The summed E-state index contributed by atoms with van der Waals surface area (Å²) in [6.45, 7) is 4.72. The van der Waals surface area contributed by atoms with Gasteiger partial charge in [-0.2, -0.15) is 0 Å². The first kappa shape index (κ1) is 23.2. The van der Waals surface area contributed by atoms with E-state index in [1.807, 2.05) is 6.92 Å². The van der Waals surface area contributed by atoms with Crippen LogP contribution in [0.4, 0.5) is 0 Å². The second kappa shape index (κ2) is 8.61. The van der Waals surface area contributed by atoms with Gasteiger partial charge in [-0.3, -0.25) is 9.59 Å². The lowest BCUT2D eigenvalue weighted by Crippen LogP contribution is -2.08. The van der Waals surface area contributed by atoms with Gasteiger partial charge in [-0.1, -0.05) is 6.92 Å². The summed E-state index contributed by atoms with van der Waals surface area (Å²) in [6.07, 6.45) is 1.58. The van der Waals surface area contributed by atoms with Gasteiger partial charge in [-0.15, -0.1) is 0 Å². The molecule has 2 aromatic carbocycles. The van der Waals surface area contributed by atoms with Crippen LogP contribution in [0.2, 0.25) is 0 Å². The summed E-state index contributed by atoms with van der Waals surface area (Å²) in [5, 5.41) is 53.5. The van der Waals surface area contributed by atoms with Gasteiger partial charge >= 0.3 is 0 Å². The Morgan fingerprint density at radius 1 is 0.844 bits per heavy atom. The molecule has 8 heteroatoms. The van der Waals surface area contributed by atoms with Crippen LogP contribution >= 0.6 is 0 Å². The molecule has 5 N–H and O–H groups in total. The van der Waals surface area contributed by atoms with E-state index < -0.39 is 35.2 Å². The summed E-state index contributed by atoms with van der Waals surface area (Å²) in [4.78, 5) is 25.3. The molecule has 0 unspecified atom stereocenters. The Labute approximate surface area is 185 Å². The number of hydrogen-bond acceptors (Lipinski definition) is 8. The van der Waals surface area contributed by atoms with E-state index in [2.05, 4.69) is 0 Å². The molecule has 8 nitrogen and oxygen atoms in total. The lowest BCUT2D eigenvalue weighted by molar-refractivity contribution is 0.0957. The van der Waals surface area contributed by atoms with Crippen LogP contribution in [0.15, 0.2) is 0 Å². The molecule has 0 saturated heterocycles. The summed E-state index contributed by atoms with van der Waals surface area (Å²) >= 11 is 0. The Balaban J connectivity index is 2.23. The Morgan fingerprint density at radius 3 is 1.88 bits per heavy atom. The smallest absolute Gasteiger partial charge is 0.173 e. The largest absolute Gasteiger partial charge is 0.507 e. The van der Waals surface area contributed by atoms with Gasteiger partial charge in [0.05, 0.1) is 7.11 Å². The molecule has 3 rings (SSSR count). The number of ether oxygens (including phenoxy) is 1. The number of hydrogen-bond donors (Lipinski definition) is 5. The number of benzene rings is 2. The number of aromatic hydroxyl groups is 5. The zero-order valence-corrected chi connectivity index (χ0v) is 18.6. The molecule has 0 aromatic heterocycles. The van der Waals surface area contributed by atoms with Gasteiger partial charge in [0.25, 0.3) is 0 Å². The molecule has 0 bridgehead atoms. The van der Waals surface area contributed by atoms with E-state index in [4.69, 9.17) is 4.74 Å². The Morgan fingerprint density at radius 2 is 1.38 bits per heavy atom. The number of rotatable bonds is 8. The van der Waals surface area contributed by atoms with Gasteiger partial charge < -0.3 is 30.3 Å². The molecule has 2 aromatic rings. The quantitative estimate of drug-likeness (QED) is 0.384. The monoisotopic (exact) mass is 444 g/mol. The van der Waals surface area contributed by atoms with Gasteiger partial charge in [-0.05, 0) is 33.1 Å². The van der Waals surface area contributed by atoms with Crippen molar-refractivity contribution in [3.05, 3.63) is 33.4 Å². The topological polar surface area (TPSA) is 145 Å². The lowest BCUT2D eigenvalue weighted by Gasteiger charge is -2.20. The SMILES string of the molecule is CCCC(=O)c1c(O)c(Cc2c(O)c(C)c(O)c(C(=O)C3CC3)c2O)c(O)c(C)c1OC. The highest BCUT2D eigenvalue weighted by atomic mass is 16.5. The van der Waals surface area contributed by atoms with Crippen LogP contribution in [0.5, 0.6) is 34.5 Å². The average molecular weight is 444 g/mol. The molecule has 32 heavy (non-hydrogen) atoms. The van der Waals surface area contributed by atoms with Crippen molar-refractivity contribution in [2.24, 2.45) is 5.92 Å². The molecular formula is C24H28O8. The van der Waals surface area contributed by atoms with Crippen molar-refractivity contribution in [1.29, 1.82) is 0 Å². The Bertz CT molecular complexity index is 1110. The maximum Gasteiger partial charge on any atom is 0.173 e. The van der Waals surface area contributed by atoms with E-state index in [1.165, 1.54) is 21.0 Å². The van der Waals surface area contributed by atoms with Gasteiger partial charge in [0, 0.05) is 41.0 Å². The van der Waals surface area contributed by atoms with Crippen molar-refractivity contribution < 1.29 is 39.9 Å². The number of phenolic OH excluding ortho intramolecular Hbond substituents is 5. The molecule has 1 fully saturated rings. The number of ketones is 2. The highest BCUT2D eigenvalue weighted by molar-refractivity contribution is 6.05. The standard InChI is InChI=1S/C24H28O8/c1-5-6-15(25)16-22(30)14(19(27)11(3)24(16)32-4)9-13-18(26)10(2)20(28)17(23(13)31)21(29)12-7-8-12/h12,26-28,30-31H,5-9H2,1-4H3. The normalized spacial score (nSPS) is 13.2. The molecule has 172 valence electrons. The maximum atomic E-state index is 12.7. The summed E-state index contributed by atoms with van der Waals surface area (Å²) in [6, 6.07) is 0. The number of carbonyl (C=O) groups excluding carboxylic acids is 2. The first-order chi connectivity index (χ1) is 15.1. The molecular weight excluding hydrogens is 416 g/mol. The molecule has 0 spiro atoms. The molecule has 0 aliphatic heterocycles. The van der Waals surface area contributed by atoms with Gasteiger partial charge in [0.15, 0.2) is 11.6 Å². The predicted molar refractivity (Wildman–Crippen MR) is 116 cm³/mol. The minimum atomic E-state index is -0.615. The number of phenols is 5. The highest BCUT2D eigenvalue weighted by Crippen LogP contribution is 2.49. The molecule has 0 amide bonds. The van der Waals surface area contributed by atoms with Crippen LogP contribution in [-0.2, 0) is 6.42 Å². The minimum absolute atomic E-state index is 0.00621. The van der Waals surface area contributed by atoms with Crippen LogP contribution in [0.3, 0.4) is 0 Å². The second-order valence-corrected chi connectivity index (χ2v) is 8.22. The Hall–Kier alpha value is -3.42.